The summed E-state index contributed by atoms with van der Waals surface area (Å²) in [6, 6.07) is 5.83. The molecule has 20 heavy (non-hydrogen) atoms. The number of hydrogen-bond donors (Lipinski definition) is 1. The smallest absolute Gasteiger partial charge is 0.231 e. The van der Waals surface area contributed by atoms with Crippen LogP contribution in [0.1, 0.15) is 25.5 Å². The SMILES string of the molecule is CC(C)OCCN(C)CC(N)c1ccc2c(c1)OCO2. The highest BCUT2D eigenvalue weighted by Crippen LogP contribution is 2.33. The first-order chi connectivity index (χ1) is 9.56. The molecule has 0 aliphatic carbocycles. The number of rotatable bonds is 7. The van der Waals surface area contributed by atoms with Gasteiger partial charge in [-0.15, -0.1) is 0 Å². The van der Waals surface area contributed by atoms with E-state index in [1.807, 2.05) is 32.0 Å². The van der Waals surface area contributed by atoms with E-state index in [2.05, 4.69) is 11.9 Å². The van der Waals surface area contributed by atoms with Gasteiger partial charge in [0, 0.05) is 19.1 Å². The van der Waals surface area contributed by atoms with Crippen molar-refractivity contribution in [1.82, 2.24) is 4.90 Å². The molecule has 0 saturated heterocycles. The van der Waals surface area contributed by atoms with E-state index >= 15 is 0 Å². The van der Waals surface area contributed by atoms with Crippen molar-refractivity contribution in [2.45, 2.75) is 26.0 Å². The van der Waals surface area contributed by atoms with Crippen molar-refractivity contribution in [3.05, 3.63) is 23.8 Å². The summed E-state index contributed by atoms with van der Waals surface area (Å²) in [5, 5.41) is 0. The second-order valence-corrected chi connectivity index (χ2v) is 5.40. The molecule has 1 aliphatic heterocycles. The molecule has 1 aromatic carbocycles. The van der Waals surface area contributed by atoms with Crippen LogP contribution in [0.3, 0.4) is 0 Å². The van der Waals surface area contributed by atoms with Crippen molar-refractivity contribution in [3.63, 3.8) is 0 Å². The van der Waals surface area contributed by atoms with Crippen molar-refractivity contribution in [2.75, 3.05) is 33.5 Å². The number of fused-ring (bicyclic) bond motifs is 1. The van der Waals surface area contributed by atoms with Gasteiger partial charge in [-0.3, -0.25) is 0 Å². The summed E-state index contributed by atoms with van der Waals surface area (Å²) < 4.78 is 16.2. The topological polar surface area (TPSA) is 57.0 Å². The minimum atomic E-state index is -0.0476. The molecule has 1 aliphatic rings. The van der Waals surface area contributed by atoms with Gasteiger partial charge in [0.1, 0.15) is 0 Å². The first kappa shape index (κ1) is 15.1. The molecule has 0 bridgehead atoms. The van der Waals surface area contributed by atoms with Crippen molar-refractivity contribution in [3.8, 4) is 11.5 Å². The highest BCUT2D eigenvalue weighted by atomic mass is 16.7. The maximum absolute atomic E-state index is 6.24. The molecular weight excluding hydrogens is 256 g/mol. The summed E-state index contributed by atoms with van der Waals surface area (Å²) in [5.41, 5.74) is 7.30. The summed E-state index contributed by atoms with van der Waals surface area (Å²) in [6.07, 6.45) is 0.269. The lowest BCUT2D eigenvalue weighted by atomic mass is 10.1. The van der Waals surface area contributed by atoms with Gasteiger partial charge < -0.3 is 24.8 Å². The predicted molar refractivity (Wildman–Crippen MR) is 78.1 cm³/mol. The van der Waals surface area contributed by atoms with E-state index in [-0.39, 0.29) is 12.1 Å². The molecule has 5 nitrogen and oxygen atoms in total. The largest absolute Gasteiger partial charge is 0.454 e. The van der Waals surface area contributed by atoms with E-state index in [0.29, 0.717) is 6.79 Å². The van der Waals surface area contributed by atoms with Crippen LogP contribution in [0.15, 0.2) is 18.2 Å². The first-order valence-electron chi connectivity index (χ1n) is 7.01. The van der Waals surface area contributed by atoms with Crippen LogP contribution in [0, 0.1) is 0 Å². The van der Waals surface area contributed by atoms with E-state index in [0.717, 1.165) is 36.8 Å². The van der Waals surface area contributed by atoms with Gasteiger partial charge in [0.2, 0.25) is 6.79 Å². The van der Waals surface area contributed by atoms with Crippen molar-refractivity contribution in [1.29, 1.82) is 0 Å². The van der Waals surface area contributed by atoms with E-state index in [1.165, 1.54) is 0 Å². The van der Waals surface area contributed by atoms with Gasteiger partial charge in [0.15, 0.2) is 11.5 Å². The molecule has 0 spiro atoms. The van der Waals surface area contributed by atoms with E-state index in [1.54, 1.807) is 0 Å². The van der Waals surface area contributed by atoms with Gasteiger partial charge in [0.25, 0.3) is 0 Å². The summed E-state index contributed by atoms with van der Waals surface area (Å²) >= 11 is 0. The maximum Gasteiger partial charge on any atom is 0.231 e. The second kappa shape index (κ2) is 6.92. The Morgan fingerprint density at radius 2 is 2.05 bits per heavy atom. The van der Waals surface area contributed by atoms with Crippen LogP contribution in [0.25, 0.3) is 0 Å². The van der Waals surface area contributed by atoms with Gasteiger partial charge in [-0.1, -0.05) is 6.07 Å². The lowest BCUT2D eigenvalue weighted by Gasteiger charge is -2.22. The monoisotopic (exact) mass is 280 g/mol. The molecule has 0 saturated carbocycles. The third-order valence-corrected chi connectivity index (χ3v) is 3.26. The zero-order chi connectivity index (χ0) is 14.5. The highest BCUT2D eigenvalue weighted by molar-refractivity contribution is 5.45. The molecule has 5 heteroatoms. The molecule has 2 N–H and O–H groups in total. The molecule has 1 aromatic rings. The maximum atomic E-state index is 6.24. The van der Waals surface area contributed by atoms with Crippen molar-refractivity contribution < 1.29 is 14.2 Å². The summed E-state index contributed by atoms with van der Waals surface area (Å²) in [4.78, 5) is 2.18. The summed E-state index contributed by atoms with van der Waals surface area (Å²) in [6.45, 7) is 6.75. The molecule has 0 fully saturated rings. The van der Waals surface area contributed by atoms with Crippen LogP contribution in [0.5, 0.6) is 11.5 Å². The Morgan fingerprint density at radius 3 is 2.80 bits per heavy atom. The molecule has 2 rings (SSSR count). The Labute approximate surface area is 120 Å². The molecule has 1 atom stereocenters. The van der Waals surface area contributed by atoms with Crippen LogP contribution in [0.4, 0.5) is 0 Å². The number of hydrogen-bond acceptors (Lipinski definition) is 5. The zero-order valence-electron chi connectivity index (χ0n) is 12.5. The molecule has 1 heterocycles. The minimum Gasteiger partial charge on any atom is -0.454 e. The first-order valence-corrected chi connectivity index (χ1v) is 7.01. The molecule has 0 radical (unpaired) electrons. The van der Waals surface area contributed by atoms with E-state index in [4.69, 9.17) is 19.9 Å². The Bertz CT molecular complexity index is 437. The lowest BCUT2D eigenvalue weighted by Crippen LogP contribution is -2.32. The Morgan fingerprint density at radius 1 is 1.30 bits per heavy atom. The minimum absolute atomic E-state index is 0.0476. The summed E-state index contributed by atoms with van der Waals surface area (Å²) in [7, 11) is 2.05. The lowest BCUT2D eigenvalue weighted by molar-refractivity contribution is 0.0629. The average Bonchev–Trinajstić information content (AvgIpc) is 2.85. The van der Waals surface area contributed by atoms with Crippen LogP contribution >= 0.6 is 0 Å². The number of nitrogens with two attached hydrogens (primary N) is 1. The van der Waals surface area contributed by atoms with Crippen molar-refractivity contribution in [2.24, 2.45) is 5.73 Å². The van der Waals surface area contributed by atoms with Gasteiger partial charge in [0.05, 0.1) is 12.7 Å². The highest BCUT2D eigenvalue weighted by Gasteiger charge is 2.16. The molecule has 0 aromatic heterocycles. The van der Waals surface area contributed by atoms with E-state index in [9.17, 15) is 0 Å². The third kappa shape index (κ3) is 4.10. The number of benzene rings is 1. The van der Waals surface area contributed by atoms with Gasteiger partial charge >= 0.3 is 0 Å². The van der Waals surface area contributed by atoms with Crippen LogP contribution in [0.2, 0.25) is 0 Å². The molecule has 1 unspecified atom stereocenters. The number of ether oxygens (including phenoxy) is 3. The van der Waals surface area contributed by atoms with Gasteiger partial charge in [-0.2, -0.15) is 0 Å². The fraction of sp³-hybridized carbons (Fsp3) is 0.600. The Balaban J connectivity index is 1.83. The fourth-order valence-electron chi connectivity index (χ4n) is 2.12. The predicted octanol–water partition coefficient (Wildman–Crippen LogP) is 1.77. The van der Waals surface area contributed by atoms with Crippen LogP contribution < -0.4 is 15.2 Å². The van der Waals surface area contributed by atoms with Gasteiger partial charge in [-0.05, 0) is 38.6 Å². The third-order valence-electron chi connectivity index (χ3n) is 3.26. The molecule has 112 valence electrons. The molecule has 0 amide bonds. The standard InChI is InChI=1S/C15H24N2O3/c1-11(2)18-7-6-17(3)9-13(16)12-4-5-14-15(8-12)20-10-19-14/h4-5,8,11,13H,6-7,9-10,16H2,1-3H3. The quantitative estimate of drug-likeness (QED) is 0.825. The number of nitrogens with zero attached hydrogens (tertiary/aromatic N) is 1. The number of likely N-dealkylation sites (N-methyl/N-ethyl adjacent to an activating group) is 1. The molecular formula is C15H24N2O3. The van der Waals surface area contributed by atoms with Crippen LogP contribution in [-0.2, 0) is 4.74 Å². The summed E-state index contributed by atoms with van der Waals surface area (Å²) in [5.74, 6) is 1.57. The average molecular weight is 280 g/mol. The van der Waals surface area contributed by atoms with E-state index < -0.39 is 0 Å². The van der Waals surface area contributed by atoms with Gasteiger partial charge in [-0.25, -0.2) is 0 Å². The zero-order valence-corrected chi connectivity index (χ0v) is 12.5. The fourth-order valence-corrected chi connectivity index (χ4v) is 2.12. The Hall–Kier alpha value is -1.30. The van der Waals surface area contributed by atoms with Crippen LogP contribution in [-0.4, -0.2) is 44.5 Å². The second-order valence-electron chi connectivity index (χ2n) is 5.40. The normalized spacial score (nSPS) is 15.1. The Kier molecular flexibility index (Phi) is 5.23. The van der Waals surface area contributed by atoms with Crippen molar-refractivity contribution >= 4 is 0 Å².